The van der Waals surface area contributed by atoms with E-state index in [2.05, 4.69) is 72.8 Å². The molecule has 0 aromatic carbocycles. The number of phosphoric ester groups is 2. The van der Waals surface area contributed by atoms with Crippen molar-refractivity contribution in [3.05, 3.63) is 24.3 Å². The number of aliphatic hydroxyl groups is 1. The van der Waals surface area contributed by atoms with Crippen molar-refractivity contribution in [2.24, 2.45) is 17.8 Å². The van der Waals surface area contributed by atoms with Crippen LogP contribution < -0.4 is 0 Å². The van der Waals surface area contributed by atoms with Gasteiger partial charge in [-0.05, 0) is 69.1 Å². The summed E-state index contributed by atoms with van der Waals surface area (Å²) in [6.07, 6.45) is 55.0. The minimum absolute atomic E-state index is 0.0848. The SMILES string of the molecule is CCCCCC/C=C\C=C/CCCCCCCC(=O)O[C@H](COC(=O)CCCCCCCCCCCCCCCCC(C)C)COP(=O)(O)OCC(O)COP(=O)(O)OC[C@@H](COC(=O)CCCCCCCCCC(C)C)OC(=O)CCCCCCCCCCCCC(C)C. The lowest BCUT2D eigenvalue weighted by Gasteiger charge is -2.21. The lowest BCUT2D eigenvalue weighted by Crippen LogP contribution is -2.30. The minimum atomic E-state index is -4.97. The van der Waals surface area contributed by atoms with Crippen molar-refractivity contribution < 1.29 is 80.2 Å². The van der Waals surface area contributed by atoms with Crippen LogP contribution in [0.2, 0.25) is 0 Å². The number of esters is 4. The Morgan fingerprint density at radius 3 is 0.853 bits per heavy atom. The number of rotatable bonds is 72. The van der Waals surface area contributed by atoms with E-state index in [1.165, 1.54) is 154 Å². The first-order valence-electron chi connectivity index (χ1n) is 38.7. The summed E-state index contributed by atoms with van der Waals surface area (Å²) in [7, 11) is -9.92. The van der Waals surface area contributed by atoms with Gasteiger partial charge in [0.2, 0.25) is 0 Å². The lowest BCUT2D eigenvalue weighted by molar-refractivity contribution is -0.161. The second-order valence-corrected chi connectivity index (χ2v) is 31.0. The molecule has 19 heteroatoms. The standard InChI is InChI=1S/C76H144O17P2/c1-8-9-10-11-12-13-14-15-16-21-24-30-37-45-52-59-75(80)92-71(63-86-73(78)57-50-43-36-29-23-20-18-17-19-22-27-33-40-47-54-67(2)3)65-90-94(82,83)88-61-70(77)62-89-95(84,85)91-66-72(64-87-74(79)58-51-44-39-32-35-42-49-56-69(6)7)93-76(81)60-53-46-38-31-26-25-28-34-41-48-55-68(4)5/h13-16,67-72,77H,8-12,17-66H2,1-7H3,(H,82,83)(H,84,85)/b14-13-,16-15-/t70?,71-,72-/m1/s1. The molecular weight excluding hydrogens is 1250 g/mol. The molecule has 0 fully saturated rings. The molecule has 0 saturated carbocycles. The highest BCUT2D eigenvalue weighted by Gasteiger charge is 2.30. The number of carbonyl (C=O) groups is 4. The fraction of sp³-hybridized carbons (Fsp3) is 0.895. The van der Waals surface area contributed by atoms with E-state index in [9.17, 15) is 43.2 Å². The van der Waals surface area contributed by atoms with Crippen LogP contribution in [0.25, 0.3) is 0 Å². The Morgan fingerprint density at radius 2 is 0.568 bits per heavy atom. The van der Waals surface area contributed by atoms with Gasteiger partial charge in [-0.2, -0.15) is 0 Å². The zero-order valence-corrected chi connectivity index (χ0v) is 63.4. The van der Waals surface area contributed by atoms with Crippen molar-refractivity contribution in [1.82, 2.24) is 0 Å². The highest BCUT2D eigenvalue weighted by Crippen LogP contribution is 2.45. The van der Waals surface area contributed by atoms with Crippen LogP contribution in [-0.4, -0.2) is 96.7 Å². The van der Waals surface area contributed by atoms with E-state index in [-0.39, 0.29) is 25.7 Å². The molecule has 95 heavy (non-hydrogen) atoms. The maximum Gasteiger partial charge on any atom is 0.472 e. The van der Waals surface area contributed by atoms with Crippen LogP contribution >= 0.6 is 15.6 Å². The van der Waals surface area contributed by atoms with Gasteiger partial charge in [0, 0.05) is 25.7 Å². The van der Waals surface area contributed by atoms with E-state index in [1.54, 1.807) is 0 Å². The van der Waals surface area contributed by atoms with E-state index in [4.69, 9.17) is 37.0 Å². The molecule has 3 N–H and O–H groups in total. The molecule has 0 radical (unpaired) electrons. The van der Waals surface area contributed by atoms with Crippen molar-refractivity contribution in [3.63, 3.8) is 0 Å². The van der Waals surface area contributed by atoms with Gasteiger partial charge in [0.15, 0.2) is 12.2 Å². The van der Waals surface area contributed by atoms with Gasteiger partial charge in [-0.1, -0.05) is 310 Å². The fourth-order valence-corrected chi connectivity index (χ4v) is 12.6. The van der Waals surface area contributed by atoms with Crippen molar-refractivity contribution >= 4 is 39.5 Å². The molecule has 0 aliphatic heterocycles. The summed E-state index contributed by atoms with van der Waals surface area (Å²) in [5.41, 5.74) is 0. The molecule has 0 aromatic rings. The Bertz CT molecular complexity index is 1950. The first-order chi connectivity index (χ1) is 45.7. The molecule has 0 heterocycles. The van der Waals surface area contributed by atoms with E-state index in [0.717, 1.165) is 121 Å². The van der Waals surface area contributed by atoms with Crippen LogP contribution in [0.5, 0.6) is 0 Å². The average Bonchev–Trinajstić information content (AvgIpc) is 1.51. The van der Waals surface area contributed by atoms with Gasteiger partial charge in [0.05, 0.1) is 26.4 Å². The molecule has 3 unspecified atom stereocenters. The minimum Gasteiger partial charge on any atom is -0.462 e. The Balaban J connectivity index is 5.28. The molecule has 0 rings (SSSR count). The van der Waals surface area contributed by atoms with E-state index in [1.807, 2.05) is 0 Å². The van der Waals surface area contributed by atoms with Gasteiger partial charge in [-0.3, -0.25) is 37.3 Å². The van der Waals surface area contributed by atoms with Gasteiger partial charge < -0.3 is 33.8 Å². The Morgan fingerprint density at radius 1 is 0.326 bits per heavy atom. The van der Waals surface area contributed by atoms with Crippen LogP contribution in [0.15, 0.2) is 24.3 Å². The first-order valence-corrected chi connectivity index (χ1v) is 41.7. The summed E-state index contributed by atoms with van der Waals surface area (Å²) in [6, 6.07) is 0. The summed E-state index contributed by atoms with van der Waals surface area (Å²) in [5.74, 6) is 0.101. The summed E-state index contributed by atoms with van der Waals surface area (Å²) >= 11 is 0. The Labute approximate surface area is 580 Å². The van der Waals surface area contributed by atoms with Gasteiger partial charge in [-0.25, -0.2) is 9.13 Å². The predicted molar refractivity (Wildman–Crippen MR) is 386 cm³/mol. The quantitative estimate of drug-likeness (QED) is 0.0169. The van der Waals surface area contributed by atoms with Crippen LogP contribution in [0.3, 0.4) is 0 Å². The first kappa shape index (κ1) is 92.5. The number of hydrogen-bond donors (Lipinski definition) is 3. The van der Waals surface area contributed by atoms with Gasteiger partial charge in [0.1, 0.15) is 19.3 Å². The molecular formula is C76H144O17P2. The third-order valence-electron chi connectivity index (χ3n) is 17.0. The van der Waals surface area contributed by atoms with E-state index < -0.39 is 97.5 Å². The van der Waals surface area contributed by atoms with Gasteiger partial charge >= 0.3 is 39.5 Å². The van der Waals surface area contributed by atoms with Gasteiger partial charge in [-0.15, -0.1) is 0 Å². The zero-order valence-electron chi connectivity index (χ0n) is 61.6. The summed E-state index contributed by atoms with van der Waals surface area (Å²) in [4.78, 5) is 72.8. The molecule has 0 aliphatic carbocycles. The number of hydrogen-bond acceptors (Lipinski definition) is 15. The number of phosphoric acid groups is 2. The summed E-state index contributed by atoms with van der Waals surface area (Å²) in [5, 5.41) is 10.6. The van der Waals surface area contributed by atoms with Crippen molar-refractivity contribution in [2.75, 3.05) is 39.6 Å². The second-order valence-electron chi connectivity index (χ2n) is 28.1. The lowest BCUT2D eigenvalue weighted by atomic mass is 10.0. The molecule has 0 amide bonds. The normalized spacial score (nSPS) is 14.2. The fourth-order valence-electron chi connectivity index (χ4n) is 11.1. The predicted octanol–water partition coefficient (Wildman–Crippen LogP) is 21.7. The van der Waals surface area contributed by atoms with Crippen LogP contribution in [0.4, 0.5) is 0 Å². The van der Waals surface area contributed by atoms with Crippen LogP contribution in [-0.2, 0) is 65.4 Å². The molecule has 0 spiro atoms. The zero-order chi connectivity index (χ0) is 70.1. The Kier molecular flexibility index (Phi) is 64.4. The second kappa shape index (κ2) is 66.1. The third-order valence-corrected chi connectivity index (χ3v) is 18.9. The van der Waals surface area contributed by atoms with Gasteiger partial charge in [0.25, 0.3) is 0 Å². The number of ether oxygens (including phenoxy) is 4. The smallest absolute Gasteiger partial charge is 0.462 e. The van der Waals surface area contributed by atoms with Crippen LogP contribution in [0, 0.1) is 17.8 Å². The highest BCUT2D eigenvalue weighted by molar-refractivity contribution is 7.47. The van der Waals surface area contributed by atoms with Crippen molar-refractivity contribution in [2.45, 2.75) is 381 Å². The molecule has 0 aliphatic rings. The number of allylic oxidation sites excluding steroid dienone is 4. The largest absolute Gasteiger partial charge is 0.472 e. The van der Waals surface area contributed by atoms with Crippen molar-refractivity contribution in [1.29, 1.82) is 0 Å². The molecule has 0 bridgehead atoms. The maximum absolute atomic E-state index is 13.1. The van der Waals surface area contributed by atoms with E-state index >= 15 is 0 Å². The number of aliphatic hydroxyl groups excluding tert-OH is 1. The Hall–Kier alpha value is -2.46. The molecule has 0 saturated heterocycles. The molecule has 0 aromatic heterocycles. The molecule has 560 valence electrons. The number of carbonyl (C=O) groups excluding carboxylic acids is 4. The molecule has 17 nitrogen and oxygen atoms in total. The average molecular weight is 1390 g/mol. The topological polar surface area (TPSA) is 237 Å². The van der Waals surface area contributed by atoms with Crippen LogP contribution in [0.1, 0.15) is 363 Å². The third kappa shape index (κ3) is 69.8. The van der Waals surface area contributed by atoms with Crippen molar-refractivity contribution in [3.8, 4) is 0 Å². The number of unbranched alkanes of at least 4 members (excludes halogenated alkanes) is 37. The molecule has 5 atom stereocenters. The monoisotopic (exact) mass is 1390 g/mol. The summed E-state index contributed by atoms with van der Waals surface area (Å²) < 4.78 is 68.5. The highest BCUT2D eigenvalue weighted by atomic mass is 31.2. The summed E-state index contributed by atoms with van der Waals surface area (Å²) in [6.45, 7) is 11.8. The van der Waals surface area contributed by atoms with E-state index in [0.29, 0.717) is 31.6 Å². The maximum atomic E-state index is 13.1.